The van der Waals surface area contributed by atoms with Gasteiger partial charge in [-0.05, 0) is 53.6 Å². The predicted octanol–water partition coefficient (Wildman–Crippen LogP) is 5.40. The fraction of sp³-hybridized carbons (Fsp3) is 0.412. The zero-order valence-corrected chi connectivity index (χ0v) is 27.0. The van der Waals surface area contributed by atoms with E-state index >= 15 is 0 Å². The van der Waals surface area contributed by atoms with Crippen molar-refractivity contribution >= 4 is 24.0 Å². The normalized spacial score (nSPS) is 13.1. The van der Waals surface area contributed by atoms with Gasteiger partial charge in [-0.15, -0.1) is 0 Å². The van der Waals surface area contributed by atoms with Crippen LogP contribution in [0.25, 0.3) is 0 Å². The van der Waals surface area contributed by atoms with Crippen LogP contribution in [0.2, 0.25) is 0 Å². The Morgan fingerprint density at radius 1 is 0.891 bits per heavy atom. The lowest BCUT2D eigenvalue weighted by atomic mass is 10.00. The quantitative estimate of drug-likeness (QED) is 0.0552. The van der Waals surface area contributed by atoms with Crippen molar-refractivity contribution in [3.05, 3.63) is 107 Å². The molecule has 0 bridgehead atoms. The zero-order chi connectivity index (χ0) is 33.1. The summed E-state index contributed by atoms with van der Waals surface area (Å²) in [5.74, 6) is -2.26. The molecule has 4 N–H and O–H groups in total. The van der Waals surface area contributed by atoms with Crippen LogP contribution in [0.4, 0.5) is 13.6 Å². The van der Waals surface area contributed by atoms with Gasteiger partial charge in [-0.3, -0.25) is 4.79 Å². The maximum atomic E-state index is 14.0. The van der Waals surface area contributed by atoms with Crippen molar-refractivity contribution in [2.24, 2.45) is 0 Å². The molecule has 0 fully saturated rings. The van der Waals surface area contributed by atoms with E-state index in [4.69, 9.17) is 14.0 Å². The Labute approximate surface area is 273 Å². The first kappa shape index (κ1) is 36.9. The summed E-state index contributed by atoms with van der Waals surface area (Å²) in [7, 11) is 0. The molecule has 0 saturated carbocycles. The predicted molar refractivity (Wildman–Crippen MR) is 173 cm³/mol. The number of nitrogens with one attached hydrogen (secondary N) is 3. The second-order valence-corrected chi connectivity index (χ2v) is 11.5. The number of unbranched alkanes of at least 4 members (excludes halogenated alkanes) is 1. The van der Waals surface area contributed by atoms with Gasteiger partial charge in [0.1, 0.15) is 24.3 Å². The van der Waals surface area contributed by atoms with Crippen molar-refractivity contribution in [1.82, 2.24) is 16.0 Å². The SMILES string of the molecule is CCCCOOSC[C@H](NC(=O)OCc1ccccc1)C(=O)N[C@@H](Cc1cc(F)cc(F)c1)[C@H](O)CNCc1cccc(CC)c1. The molecule has 3 aromatic carbocycles. The van der Waals surface area contributed by atoms with Gasteiger partial charge >= 0.3 is 6.09 Å². The van der Waals surface area contributed by atoms with E-state index in [1.165, 1.54) is 5.56 Å². The number of aryl methyl sites for hydroxylation is 1. The fourth-order valence-electron chi connectivity index (χ4n) is 4.47. The number of carbonyl (C=O) groups is 2. The van der Waals surface area contributed by atoms with E-state index in [9.17, 15) is 23.5 Å². The van der Waals surface area contributed by atoms with E-state index in [0.29, 0.717) is 13.2 Å². The third-order valence-electron chi connectivity index (χ3n) is 6.99. The average molecular weight is 660 g/mol. The number of amides is 2. The number of aliphatic hydroxyl groups excluding tert-OH is 1. The van der Waals surface area contributed by atoms with E-state index in [1.54, 1.807) is 12.1 Å². The molecule has 0 aromatic heterocycles. The molecule has 9 nitrogen and oxygen atoms in total. The lowest BCUT2D eigenvalue weighted by molar-refractivity contribution is -0.191. The molecule has 0 aliphatic rings. The van der Waals surface area contributed by atoms with Crippen LogP contribution in [0.3, 0.4) is 0 Å². The van der Waals surface area contributed by atoms with Gasteiger partial charge in [0.05, 0.1) is 24.5 Å². The molecule has 3 atom stereocenters. The minimum atomic E-state index is -1.16. The number of rotatable bonds is 20. The number of hydrogen-bond donors (Lipinski definition) is 4. The van der Waals surface area contributed by atoms with E-state index in [1.807, 2.05) is 43.3 Å². The molecule has 0 aliphatic carbocycles. The lowest BCUT2D eigenvalue weighted by Gasteiger charge is -2.27. The number of carbonyl (C=O) groups excluding carboxylic acids is 2. The molecule has 12 heteroatoms. The van der Waals surface area contributed by atoms with E-state index < -0.39 is 41.8 Å². The number of aliphatic hydroxyl groups is 1. The monoisotopic (exact) mass is 659 g/mol. The summed E-state index contributed by atoms with van der Waals surface area (Å²) in [6.07, 6.45) is 0.509. The maximum Gasteiger partial charge on any atom is 0.408 e. The van der Waals surface area contributed by atoms with Crippen molar-refractivity contribution < 1.29 is 37.4 Å². The highest BCUT2D eigenvalue weighted by Gasteiger charge is 2.28. The summed E-state index contributed by atoms with van der Waals surface area (Å²) >= 11 is 0.827. The molecule has 250 valence electrons. The third-order valence-corrected chi connectivity index (χ3v) is 7.65. The summed E-state index contributed by atoms with van der Waals surface area (Å²) in [6.45, 7) is 4.95. The average Bonchev–Trinajstić information content (AvgIpc) is 3.04. The van der Waals surface area contributed by atoms with Gasteiger partial charge in [0.15, 0.2) is 0 Å². The number of hydrogen-bond acceptors (Lipinski definition) is 8. The Hall–Kier alpha value is -3.55. The fourth-order valence-corrected chi connectivity index (χ4v) is 5.03. The van der Waals surface area contributed by atoms with Crippen molar-refractivity contribution in [2.75, 3.05) is 18.9 Å². The van der Waals surface area contributed by atoms with Gasteiger partial charge in [0.25, 0.3) is 0 Å². The molecule has 2 amide bonds. The van der Waals surface area contributed by atoms with Crippen molar-refractivity contribution in [3.63, 3.8) is 0 Å². The molecule has 0 radical (unpaired) electrons. The van der Waals surface area contributed by atoms with Crippen molar-refractivity contribution in [3.8, 4) is 0 Å². The summed E-state index contributed by atoms with van der Waals surface area (Å²) in [6, 6.07) is 18.0. The molecule has 0 unspecified atom stereocenters. The summed E-state index contributed by atoms with van der Waals surface area (Å²) in [4.78, 5) is 31.3. The number of alkyl carbamates (subject to hydrolysis) is 1. The number of benzene rings is 3. The van der Waals surface area contributed by atoms with Gasteiger partial charge in [-0.25, -0.2) is 18.5 Å². The Morgan fingerprint density at radius 3 is 2.33 bits per heavy atom. The molecule has 0 aliphatic heterocycles. The molecule has 46 heavy (non-hydrogen) atoms. The zero-order valence-electron chi connectivity index (χ0n) is 26.2. The van der Waals surface area contributed by atoms with Crippen molar-refractivity contribution in [1.29, 1.82) is 0 Å². The Balaban J connectivity index is 1.70. The highest BCUT2D eigenvalue weighted by molar-refractivity contribution is 7.94. The van der Waals surface area contributed by atoms with E-state index in [-0.39, 0.29) is 30.9 Å². The minimum absolute atomic E-state index is 0.00983. The number of halogens is 2. The Kier molecular flexibility index (Phi) is 16.5. The molecule has 3 rings (SSSR count). The van der Waals surface area contributed by atoms with Crippen LogP contribution in [-0.2, 0) is 44.7 Å². The smallest absolute Gasteiger partial charge is 0.408 e. The van der Waals surface area contributed by atoms with Gasteiger partial charge in [0.2, 0.25) is 5.91 Å². The van der Waals surface area contributed by atoms with Crippen LogP contribution in [0.1, 0.15) is 48.9 Å². The molecule has 0 spiro atoms. The standard InChI is InChI=1S/C34H43F2N3O6S/c1-3-5-14-44-45-46-23-31(39-34(42)43-22-25-10-7-6-8-11-25)33(41)38-30(18-27-16-28(35)19-29(36)17-27)32(40)21-37-20-26-13-9-12-24(4-2)15-26/h6-13,15-17,19,30-32,37,40H,3-5,14,18,20-23H2,1-2H3,(H,38,41)(H,39,42)/t30-,31-,32+/m0/s1. The summed E-state index contributed by atoms with van der Waals surface area (Å²) in [5, 5.41) is 19.7. The largest absolute Gasteiger partial charge is 0.445 e. The van der Waals surface area contributed by atoms with Gasteiger partial charge in [-0.2, -0.15) is 4.33 Å². The molecular formula is C34H43F2N3O6S. The molecule has 0 saturated heterocycles. The third kappa shape index (κ3) is 13.8. The van der Waals surface area contributed by atoms with Gasteiger partial charge in [0, 0.05) is 31.2 Å². The van der Waals surface area contributed by atoms with Crippen LogP contribution in [0.15, 0.2) is 72.8 Å². The lowest BCUT2D eigenvalue weighted by Crippen LogP contribution is -2.55. The van der Waals surface area contributed by atoms with Crippen molar-refractivity contribution in [2.45, 2.75) is 70.9 Å². The molecule has 3 aromatic rings. The Bertz CT molecular complexity index is 1330. The van der Waals surface area contributed by atoms with Gasteiger partial charge in [-0.1, -0.05) is 74.9 Å². The van der Waals surface area contributed by atoms with Crippen LogP contribution in [-0.4, -0.2) is 54.2 Å². The second-order valence-electron chi connectivity index (χ2n) is 10.8. The first-order valence-electron chi connectivity index (χ1n) is 15.4. The first-order chi connectivity index (χ1) is 22.3. The van der Waals surface area contributed by atoms with Crippen LogP contribution >= 0.6 is 12.0 Å². The molecule has 0 heterocycles. The van der Waals surface area contributed by atoms with E-state index in [0.717, 1.165) is 60.6 Å². The summed E-state index contributed by atoms with van der Waals surface area (Å²) < 4.78 is 38.5. The molecular weight excluding hydrogens is 616 g/mol. The van der Waals surface area contributed by atoms with Gasteiger partial charge < -0.3 is 25.8 Å². The maximum absolute atomic E-state index is 14.0. The number of ether oxygens (including phenoxy) is 1. The highest BCUT2D eigenvalue weighted by atomic mass is 32.2. The highest BCUT2D eigenvalue weighted by Crippen LogP contribution is 2.14. The van der Waals surface area contributed by atoms with Crippen LogP contribution in [0, 0.1) is 11.6 Å². The topological polar surface area (TPSA) is 118 Å². The second kappa shape index (κ2) is 20.5. The van der Waals surface area contributed by atoms with E-state index in [2.05, 4.69) is 28.9 Å². The summed E-state index contributed by atoms with van der Waals surface area (Å²) in [5.41, 5.74) is 3.21. The Morgan fingerprint density at radius 2 is 1.61 bits per heavy atom. The first-order valence-corrected chi connectivity index (χ1v) is 16.3. The van der Waals surface area contributed by atoms with Crippen LogP contribution in [0.5, 0.6) is 0 Å². The van der Waals surface area contributed by atoms with Crippen LogP contribution < -0.4 is 16.0 Å². The minimum Gasteiger partial charge on any atom is -0.445 e.